The van der Waals surface area contributed by atoms with Crippen LogP contribution in [0.4, 0.5) is 4.79 Å². The van der Waals surface area contributed by atoms with Crippen LogP contribution in [-0.4, -0.2) is 48.4 Å². The first-order valence-electron chi connectivity index (χ1n) is 6.39. The molecule has 1 atom stereocenters. The Labute approximate surface area is 132 Å². The molecule has 1 aliphatic heterocycles. The van der Waals surface area contributed by atoms with Gasteiger partial charge in [0, 0.05) is 11.8 Å². The Bertz CT molecular complexity index is 523. The second kappa shape index (κ2) is 7.30. The van der Waals surface area contributed by atoms with Crippen molar-refractivity contribution in [3.8, 4) is 0 Å². The lowest BCUT2D eigenvalue weighted by molar-refractivity contribution is -0.142. The van der Waals surface area contributed by atoms with E-state index in [0.29, 0.717) is 0 Å². The number of carbonyl (C=O) groups excluding carboxylic acids is 4. The largest absolute Gasteiger partial charge is 0.467 e. The Morgan fingerprint density at radius 3 is 2.45 bits per heavy atom. The maximum absolute atomic E-state index is 11.7. The minimum Gasteiger partial charge on any atom is -0.467 e. The van der Waals surface area contributed by atoms with Crippen molar-refractivity contribution in [1.82, 2.24) is 10.6 Å². The molecule has 0 aromatic heterocycles. The predicted octanol–water partition coefficient (Wildman–Crippen LogP) is 0.326. The number of hydrogen-bond acceptors (Lipinski definition) is 7. The fraction of sp³-hybridized carbons (Fsp3) is 0.538. The highest BCUT2D eigenvalue weighted by Crippen LogP contribution is 2.20. The minimum atomic E-state index is -1.01. The number of amides is 3. The lowest BCUT2D eigenvalue weighted by Crippen LogP contribution is -2.45. The molecule has 0 radical (unpaired) electrons. The maximum Gasteiger partial charge on any atom is 0.408 e. The van der Waals surface area contributed by atoms with E-state index in [4.69, 9.17) is 4.74 Å². The monoisotopic (exact) mass is 330 g/mol. The molecule has 0 saturated heterocycles. The number of hydrogen-bond donors (Lipinski definition) is 2. The van der Waals surface area contributed by atoms with E-state index in [1.165, 1.54) is 7.11 Å². The average molecular weight is 330 g/mol. The topological polar surface area (TPSA) is 111 Å². The van der Waals surface area contributed by atoms with Gasteiger partial charge in [0.1, 0.15) is 11.6 Å². The first-order valence-corrected chi connectivity index (χ1v) is 7.38. The quantitative estimate of drug-likeness (QED) is 0.552. The number of alkyl carbamates (subject to hydrolysis) is 1. The third-order valence-corrected chi connectivity index (χ3v) is 3.42. The Kier molecular flexibility index (Phi) is 5.98. The molecule has 8 nitrogen and oxygen atoms in total. The molecule has 122 valence electrons. The number of nitrogens with one attached hydrogen (secondary N) is 2. The number of esters is 1. The number of rotatable bonds is 5. The third kappa shape index (κ3) is 5.76. The average Bonchev–Trinajstić information content (AvgIpc) is 2.69. The van der Waals surface area contributed by atoms with Gasteiger partial charge in [-0.2, -0.15) is 0 Å². The molecule has 3 amide bonds. The highest BCUT2D eigenvalue weighted by molar-refractivity contribution is 8.04. The fourth-order valence-corrected chi connectivity index (χ4v) is 2.37. The van der Waals surface area contributed by atoms with Crippen LogP contribution in [0, 0.1) is 0 Å². The lowest BCUT2D eigenvalue weighted by atomic mass is 10.2. The number of ether oxygens (including phenoxy) is 2. The summed E-state index contributed by atoms with van der Waals surface area (Å²) in [5.74, 6) is -1.69. The van der Waals surface area contributed by atoms with Gasteiger partial charge in [0.15, 0.2) is 0 Å². The Hall–Kier alpha value is -2.03. The Balaban J connectivity index is 2.64. The molecule has 0 aliphatic carbocycles. The van der Waals surface area contributed by atoms with E-state index in [1.54, 1.807) is 20.8 Å². The molecule has 22 heavy (non-hydrogen) atoms. The second-order valence-electron chi connectivity index (χ2n) is 5.36. The van der Waals surface area contributed by atoms with Crippen LogP contribution in [0.1, 0.15) is 20.8 Å². The molecule has 0 saturated carbocycles. The van der Waals surface area contributed by atoms with E-state index in [9.17, 15) is 19.2 Å². The summed E-state index contributed by atoms with van der Waals surface area (Å²) in [5.41, 5.74) is -0.710. The molecule has 0 bridgehead atoms. The summed E-state index contributed by atoms with van der Waals surface area (Å²) in [7, 11) is 1.18. The van der Waals surface area contributed by atoms with Crippen LogP contribution in [0.5, 0.6) is 0 Å². The summed E-state index contributed by atoms with van der Waals surface area (Å²) in [6.07, 6.45) is 0.360. The molecule has 2 N–H and O–H groups in total. The Morgan fingerprint density at radius 2 is 2.00 bits per heavy atom. The van der Waals surface area contributed by atoms with Crippen LogP contribution in [0.15, 0.2) is 11.0 Å². The van der Waals surface area contributed by atoms with Crippen molar-refractivity contribution < 1.29 is 28.7 Å². The summed E-state index contributed by atoms with van der Waals surface area (Å²) in [6, 6.07) is -1.01. The second-order valence-corrected chi connectivity index (χ2v) is 6.42. The van der Waals surface area contributed by atoms with Gasteiger partial charge in [-0.3, -0.25) is 14.9 Å². The Morgan fingerprint density at radius 1 is 1.36 bits per heavy atom. The maximum atomic E-state index is 11.7. The zero-order chi connectivity index (χ0) is 16.9. The smallest absolute Gasteiger partial charge is 0.408 e. The van der Waals surface area contributed by atoms with Gasteiger partial charge < -0.3 is 14.8 Å². The summed E-state index contributed by atoms with van der Waals surface area (Å²) in [4.78, 5) is 46.0. The van der Waals surface area contributed by atoms with Gasteiger partial charge in [0.05, 0.1) is 12.0 Å². The number of imide groups is 1. The van der Waals surface area contributed by atoms with Crippen molar-refractivity contribution in [2.24, 2.45) is 0 Å². The van der Waals surface area contributed by atoms with Crippen LogP contribution in [-0.2, 0) is 23.9 Å². The van der Waals surface area contributed by atoms with Gasteiger partial charge in [-0.1, -0.05) is 0 Å². The molecule has 1 rings (SSSR count). The lowest BCUT2D eigenvalue weighted by Gasteiger charge is -2.22. The highest BCUT2D eigenvalue weighted by atomic mass is 32.2. The molecular weight excluding hydrogens is 312 g/mol. The number of carbonyl (C=O) groups is 4. The van der Waals surface area contributed by atoms with E-state index in [2.05, 4.69) is 15.4 Å². The van der Waals surface area contributed by atoms with Crippen LogP contribution in [0.2, 0.25) is 0 Å². The van der Waals surface area contributed by atoms with Crippen molar-refractivity contribution in [2.75, 3.05) is 12.9 Å². The van der Waals surface area contributed by atoms with E-state index in [1.807, 2.05) is 0 Å². The summed E-state index contributed by atoms with van der Waals surface area (Å²) in [6.45, 7) is 5.06. The molecule has 0 unspecified atom stereocenters. The normalized spacial score (nSPS) is 15.7. The van der Waals surface area contributed by atoms with Crippen molar-refractivity contribution >= 4 is 35.6 Å². The SMILES string of the molecule is COC(=O)[C@H](CSC1=CC(=O)NC1=O)NC(=O)OC(C)(C)C. The van der Waals surface area contributed by atoms with Crippen LogP contribution in [0.25, 0.3) is 0 Å². The molecule has 0 aromatic rings. The van der Waals surface area contributed by atoms with Crippen molar-refractivity contribution in [2.45, 2.75) is 32.4 Å². The van der Waals surface area contributed by atoms with Crippen LogP contribution >= 0.6 is 11.8 Å². The van der Waals surface area contributed by atoms with Crippen LogP contribution < -0.4 is 10.6 Å². The summed E-state index contributed by atoms with van der Waals surface area (Å²) in [5, 5.41) is 4.46. The standard InChI is InChI=1S/C13H18N2O6S/c1-13(2,3)21-12(19)14-7(11(18)20-4)6-22-8-5-9(16)15-10(8)17/h5,7H,6H2,1-4H3,(H,14,19)(H,15,16,17)/t7-/m0/s1. The van der Waals surface area contributed by atoms with Gasteiger partial charge in [0.25, 0.3) is 11.8 Å². The van der Waals surface area contributed by atoms with Gasteiger partial charge >= 0.3 is 12.1 Å². The molecule has 1 heterocycles. The van der Waals surface area contributed by atoms with Gasteiger partial charge in [-0.25, -0.2) is 9.59 Å². The molecule has 0 fully saturated rings. The summed E-state index contributed by atoms with van der Waals surface area (Å²) < 4.78 is 9.65. The van der Waals surface area contributed by atoms with E-state index in [-0.39, 0.29) is 10.7 Å². The van der Waals surface area contributed by atoms with Crippen molar-refractivity contribution in [1.29, 1.82) is 0 Å². The predicted molar refractivity (Wildman–Crippen MR) is 78.9 cm³/mol. The number of methoxy groups -OCH3 is 1. The van der Waals surface area contributed by atoms with E-state index >= 15 is 0 Å². The molecule has 0 spiro atoms. The fourth-order valence-electron chi connectivity index (χ4n) is 1.44. The van der Waals surface area contributed by atoms with Gasteiger partial charge in [0.2, 0.25) is 0 Å². The van der Waals surface area contributed by atoms with Gasteiger partial charge in [-0.15, -0.1) is 11.8 Å². The van der Waals surface area contributed by atoms with Crippen LogP contribution in [0.3, 0.4) is 0 Å². The van der Waals surface area contributed by atoms with Gasteiger partial charge in [-0.05, 0) is 20.8 Å². The molecule has 1 aliphatic rings. The molecular formula is C13H18N2O6S. The van der Waals surface area contributed by atoms with Crippen molar-refractivity contribution in [3.63, 3.8) is 0 Å². The van der Waals surface area contributed by atoms with Crippen molar-refractivity contribution in [3.05, 3.63) is 11.0 Å². The highest BCUT2D eigenvalue weighted by Gasteiger charge is 2.28. The third-order valence-electron chi connectivity index (χ3n) is 2.30. The molecule has 9 heteroatoms. The zero-order valence-corrected chi connectivity index (χ0v) is 13.5. The number of thioether (sulfide) groups is 1. The first-order chi connectivity index (χ1) is 10.1. The van der Waals surface area contributed by atoms with E-state index < -0.39 is 35.5 Å². The first kappa shape index (κ1) is 18.0. The minimum absolute atomic E-state index is 0.0262. The summed E-state index contributed by atoms with van der Waals surface area (Å²) >= 11 is 0.965. The van der Waals surface area contributed by atoms with E-state index in [0.717, 1.165) is 17.8 Å². The zero-order valence-electron chi connectivity index (χ0n) is 12.7. The molecule has 0 aromatic carbocycles.